The van der Waals surface area contributed by atoms with Crippen molar-refractivity contribution in [2.75, 3.05) is 24.5 Å². The van der Waals surface area contributed by atoms with Crippen LogP contribution in [-0.4, -0.2) is 45.9 Å². The summed E-state index contributed by atoms with van der Waals surface area (Å²) in [5.41, 5.74) is 0.435. The molecule has 3 rings (SSSR count). The van der Waals surface area contributed by atoms with Crippen LogP contribution in [0.4, 0.5) is 5.69 Å². The fourth-order valence-electron chi connectivity index (χ4n) is 3.26. The van der Waals surface area contributed by atoms with Crippen molar-refractivity contribution in [1.82, 2.24) is 10.6 Å². The highest BCUT2D eigenvalue weighted by Crippen LogP contribution is 2.26. The quantitative estimate of drug-likeness (QED) is 0.652. The maximum atomic E-state index is 12.3. The summed E-state index contributed by atoms with van der Waals surface area (Å²) in [6.45, 7) is 1.76. The molecule has 1 aromatic rings. The largest absolute Gasteiger partial charge is 0.354 e. The topological polar surface area (TPSA) is 122 Å². The minimum Gasteiger partial charge on any atom is -0.354 e. The Morgan fingerprint density at radius 1 is 1.40 bits per heavy atom. The first kappa shape index (κ1) is 17.8. The molecular weight excluding hydrogens is 344 g/mol. The van der Waals surface area contributed by atoms with Crippen molar-refractivity contribution < 1.29 is 18.0 Å². The van der Waals surface area contributed by atoms with Crippen LogP contribution < -0.4 is 20.7 Å². The number of carbonyl (C=O) groups excluding carboxylic acids is 2. The van der Waals surface area contributed by atoms with Gasteiger partial charge in [-0.05, 0) is 37.6 Å². The van der Waals surface area contributed by atoms with Gasteiger partial charge in [0.2, 0.25) is 21.8 Å². The van der Waals surface area contributed by atoms with E-state index in [0.717, 1.165) is 19.4 Å². The molecule has 0 radical (unpaired) electrons. The molecule has 2 aliphatic rings. The number of hydrogen-bond donors (Lipinski definition) is 3. The molecule has 0 aromatic heterocycles. The number of anilines is 1. The number of carbonyl (C=O) groups is 2. The molecule has 2 atom stereocenters. The number of sulfonamides is 1. The predicted molar refractivity (Wildman–Crippen MR) is 92.3 cm³/mol. The predicted octanol–water partition coefficient (Wildman–Crippen LogP) is -0.445. The maximum absolute atomic E-state index is 12.3. The fourth-order valence-corrected chi connectivity index (χ4v) is 3.81. The van der Waals surface area contributed by atoms with Gasteiger partial charge in [-0.25, -0.2) is 13.6 Å². The second kappa shape index (κ2) is 7.11. The summed E-state index contributed by atoms with van der Waals surface area (Å²) in [5.74, 6) is -0.787. The summed E-state index contributed by atoms with van der Waals surface area (Å²) in [6, 6.07) is 6.19. The van der Waals surface area contributed by atoms with Crippen molar-refractivity contribution in [3.8, 4) is 0 Å². The van der Waals surface area contributed by atoms with E-state index in [1.807, 2.05) is 0 Å². The molecule has 1 aromatic carbocycles. The molecule has 2 heterocycles. The van der Waals surface area contributed by atoms with E-state index in [-0.39, 0.29) is 29.7 Å². The van der Waals surface area contributed by atoms with Crippen LogP contribution in [-0.2, 0) is 19.6 Å². The Morgan fingerprint density at radius 2 is 2.20 bits per heavy atom. The lowest BCUT2D eigenvalue weighted by atomic mass is 10.1. The molecule has 2 aliphatic heterocycles. The lowest BCUT2D eigenvalue weighted by Crippen LogP contribution is -2.40. The van der Waals surface area contributed by atoms with Gasteiger partial charge in [-0.3, -0.25) is 9.59 Å². The Kier molecular flexibility index (Phi) is 5.07. The van der Waals surface area contributed by atoms with Crippen LogP contribution in [0.25, 0.3) is 0 Å². The zero-order valence-corrected chi connectivity index (χ0v) is 14.6. The molecule has 8 nitrogen and oxygen atoms in total. The van der Waals surface area contributed by atoms with E-state index < -0.39 is 15.9 Å². The van der Waals surface area contributed by atoms with Crippen molar-refractivity contribution in [2.45, 2.75) is 30.2 Å². The van der Waals surface area contributed by atoms with Crippen LogP contribution in [0, 0.1) is 5.92 Å². The molecule has 25 heavy (non-hydrogen) atoms. The van der Waals surface area contributed by atoms with E-state index in [2.05, 4.69) is 10.6 Å². The van der Waals surface area contributed by atoms with Gasteiger partial charge in [-0.1, -0.05) is 6.07 Å². The molecule has 136 valence electrons. The monoisotopic (exact) mass is 366 g/mol. The highest BCUT2D eigenvalue weighted by molar-refractivity contribution is 7.89. The minimum absolute atomic E-state index is 0.0574. The third kappa shape index (κ3) is 4.17. The molecule has 4 N–H and O–H groups in total. The van der Waals surface area contributed by atoms with Gasteiger partial charge in [-0.2, -0.15) is 0 Å². The second-order valence-corrected chi connectivity index (χ2v) is 8.05. The normalized spacial score (nSPS) is 23.9. The number of amides is 2. The zero-order valence-electron chi connectivity index (χ0n) is 13.8. The molecular formula is C16H22N4O4S. The Balaban J connectivity index is 1.65. The summed E-state index contributed by atoms with van der Waals surface area (Å²) in [6.07, 6.45) is 2.26. The molecule has 0 aliphatic carbocycles. The van der Waals surface area contributed by atoms with Gasteiger partial charge in [0.05, 0.1) is 10.8 Å². The van der Waals surface area contributed by atoms with Crippen molar-refractivity contribution in [2.24, 2.45) is 11.1 Å². The minimum atomic E-state index is -3.84. The van der Waals surface area contributed by atoms with E-state index in [0.29, 0.717) is 18.3 Å². The number of primary sulfonamides is 1. The van der Waals surface area contributed by atoms with Crippen molar-refractivity contribution in [1.29, 1.82) is 0 Å². The van der Waals surface area contributed by atoms with Crippen LogP contribution in [0.3, 0.4) is 0 Å². The van der Waals surface area contributed by atoms with Gasteiger partial charge >= 0.3 is 0 Å². The van der Waals surface area contributed by atoms with E-state index in [4.69, 9.17) is 5.14 Å². The molecule has 9 heteroatoms. The van der Waals surface area contributed by atoms with Crippen LogP contribution >= 0.6 is 0 Å². The molecule has 2 fully saturated rings. The Morgan fingerprint density at radius 3 is 2.88 bits per heavy atom. The first-order chi connectivity index (χ1) is 11.8. The summed E-state index contributed by atoms with van der Waals surface area (Å²) in [5, 5.41) is 11.3. The maximum Gasteiger partial charge on any atom is 0.238 e. The third-order valence-corrected chi connectivity index (χ3v) is 5.55. The van der Waals surface area contributed by atoms with Gasteiger partial charge in [0.15, 0.2) is 0 Å². The molecule has 0 spiro atoms. The van der Waals surface area contributed by atoms with E-state index >= 15 is 0 Å². The molecule has 2 saturated heterocycles. The lowest BCUT2D eigenvalue weighted by Gasteiger charge is -2.18. The van der Waals surface area contributed by atoms with Crippen molar-refractivity contribution in [3.63, 3.8) is 0 Å². The molecule has 0 saturated carbocycles. The number of rotatable bonds is 5. The summed E-state index contributed by atoms with van der Waals surface area (Å²) >= 11 is 0. The van der Waals surface area contributed by atoms with E-state index in [9.17, 15) is 18.0 Å². The SMILES string of the molecule is NS(=O)(=O)c1cccc(N2CC(C(=O)NCC3CCCN3)CC2=O)c1. The summed E-state index contributed by atoms with van der Waals surface area (Å²) in [4.78, 5) is 26.0. The molecule has 2 unspecified atom stereocenters. The molecule has 2 amide bonds. The summed E-state index contributed by atoms with van der Waals surface area (Å²) in [7, 11) is -3.84. The Bertz CT molecular complexity index is 774. The number of hydrogen-bond acceptors (Lipinski definition) is 5. The number of nitrogens with two attached hydrogens (primary N) is 1. The number of nitrogens with one attached hydrogen (secondary N) is 2. The number of nitrogens with zero attached hydrogens (tertiary/aromatic N) is 1. The van der Waals surface area contributed by atoms with E-state index in [1.54, 1.807) is 6.07 Å². The van der Waals surface area contributed by atoms with Crippen molar-refractivity contribution in [3.05, 3.63) is 24.3 Å². The van der Waals surface area contributed by atoms with Gasteiger partial charge in [-0.15, -0.1) is 0 Å². The van der Waals surface area contributed by atoms with Gasteiger partial charge in [0.1, 0.15) is 0 Å². The lowest BCUT2D eigenvalue weighted by molar-refractivity contribution is -0.126. The van der Waals surface area contributed by atoms with Crippen LogP contribution in [0.2, 0.25) is 0 Å². The Hall–Kier alpha value is -1.97. The van der Waals surface area contributed by atoms with E-state index in [1.165, 1.54) is 23.1 Å². The third-order valence-electron chi connectivity index (χ3n) is 4.64. The highest BCUT2D eigenvalue weighted by atomic mass is 32.2. The smallest absolute Gasteiger partial charge is 0.238 e. The van der Waals surface area contributed by atoms with Crippen LogP contribution in [0.15, 0.2) is 29.2 Å². The second-order valence-electron chi connectivity index (χ2n) is 6.49. The average molecular weight is 366 g/mol. The van der Waals surface area contributed by atoms with Gasteiger partial charge < -0.3 is 15.5 Å². The fraction of sp³-hybridized carbons (Fsp3) is 0.500. The van der Waals surface area contributed by atoms with Gasteiger partial charge in [0.25, 0.3) is 0 Å². The standard InChI is InChI=1S/C16H22N4O4S/c17-25(23,24)14-5-1-4-13(8-14)20-10-11(7-15(20)21)16(22)19-9-12-3-2-6-18-12/h1,4-5,8,11-12,18H,2-3,6-7,9-10H2,(H,19,22)(H2,17,23,24). The number of benzene rings is 1. The zero-order chi connectivity index (χ0) is 18.0. The van der Waals surface area contributed by atoms with Crippen molar-refractivity contribution >= 4 is 27.5 Å². The highest BCUT2D eigenvalue weighted by Gasteiger charge is 2.35. The van der Waals surface area contributed by atoms with Crippen LogP contribution in [0.5, 0.6) is 0 Å². The van der Waals surface area contributed by atoms with Gasteiger partial charge in [0, 0.05) is 31.2 Å². The first-order valence-corrected chi connectivity index (χ1v) is 9.83. The average Bonchev–Trinajstić information content (AvgIpc) is 3.21. The Labute approximate surface area is 146 Å². The first-order valence-electron chi connectivity index (χ1n) is 8.29. The van der Waals surface area contributed by atoms with Crippen LogP contribution in [0.1, 0.15) is 19.3 Å². The summed E-state index contributed by atoms with van der Waals surface area (Å²) < 4.78 is 22.9. The molecule has 0 bridgehead atoms.